The Kier molecular flexibility index (Phi) is 4.42. The molecule has 0 aliphatic rings. The van der Waals surface area contributed by atoms with Crippen LogP contribution in [0.1, 0.15) is 18.4 Å². The largest absolute Gasteiger partial charge is 0.330 e. The summed E-state index contributed by atoms with van der Waals surface area (Å²) in [5, 5.41) is 8.15. The number of halogens is 2. The number of aromatic nitrogens is 2. The van der Waals surface area contributed by atoms with E-state index in [2.05, 4.69) is 10.2 Å². The molecule has 1 aromatic heterocycles. The first kappa shape index (κ1) is 10.7. The average Bonchev–Trinajstić information content (AvgIpc) is 2.11. The molecule has 0 saturated heterocycles. The SMILES string of the molecule is NCCCCc1cc(Cl)nnc1Cl. The molecule has 72 valence electrons. The van der Waals surface area contributed by atoms with E-state index in [0.29, 0.717) is 16.9 Å². The topological polar surface area (TPSA) is 51.8 Å². The molecule has 0 spiro atoms. The van der Waals surface area contributed by atoms with Gasteiger partial charge in [0.25, 0.3) is 0 Å². The molecular weight excluding hydrogens is 209 g/mol. The molecule has 2 N–H and O–H groups in total. The number of hydrogen-bond acceptors (Lipinski definition) is 3. The van der Waals surface area contributed by atoms with Crippen LogP contribution in [0.5, 0.6) is 0 Å². The number of unbranched alkanes of at least 4 members (excludes halogenated alkanes) is 1. The van der Waals surface area contributed by atoms with Gasteiger partial charge in [0.15, 0.2) is 10.3 Å². The van der Waals surface area contributed by atoms with Crippen LogP contribution in [0.25, 0.3) is 0 Å². The van der Waals surface area contributed by atoms with Gasteiger partial charge in [0.1, 0.15) is 0 Å². The fraction of sp³-hybridized carbons (Fsp3) is 0.500. The van der Waals surface area contributed by atoms with Gasteiger partial charge in [-0.25, -0.2) is 0 Å². The third kappa shape index (κ3) is 3.46. The second-order valence-corrected chi connectivity index (χ2v) is 3.47. The maximum Gasteiger partial charge on any atom is 0.155 e. The Morgan fingerprint density at radius 3 is 2.69 bits per heavy atom. The Balaban J connectivity index is 2.59. The van der Waals surface area contributed by atoms with Crippen molar-refractivity contribution in [3.05, 3.63) is 21.9 Å². The van der Waals surface area contributed by atoms with Crippen molar-refractivity contribution in [2.75, 3.05) is 6.54 Å². The molecule has 3 nitrogen and oxygen atoms in total. The molecule has 5 heteroatoms. The maximum atomic E-state index is 5.81. The van der Waals surface area contributed by atoms with E-state index in [0.717, 1.165) is 24.8 Å². The van der Waals surface area contributed by atoms with Gasteiger partial charge in [-0.05, 0) is 37.4 Å². The molecule has 0 atom stereocenters. The van der Waals surface area contributed by atoms with Crippen LogP contribution in [0.15, 0.2) is 6.07 Å². The summed E-state index contributed by atoms with van der Waals surface area (Å²) in [5.74, 6) is 0. The first-order valence-electron chi connectivity index (χ1n) is 4.11. The summed E-state index contributed by atoms with van der Waals surface area (Å²) in [6.45, 7) is 0.698. The second-order valence-electron chi connectivity index (χ2n) is 2.73. The van der Waals surface area contributed by atoms with Gasteiger partial charge in [-0.15, -0.1) is 10.2 Å². The lowest BCUT2D eigenvalue weighted by Crippen LogP contribution is -2.00. The summed E-state index contributed by atoms with van der Waals surface area (Å²) in [5.41, 5.74) is 6.31. The van der Waals surface area contributed by atoms with E-state index in [4.69, 9.17) is 28.9 Å². The van der Waals surface area contributed by atoms with Gasteiger partial charge in [-0.1, -0.05) is 23.2 Å². The zero-order valence-corrected chi connectivity index (χ0v) is 8.65. The summed E-state index contributed by atoms with van der Waals surface area (Å²) in [6.07, 6.45) is 2.83. The number of nitrogens with two attached hydrogens (primary N) is 1. The third-order valence-electron chi connectivity index (χ3n) is 1.69. The molecule has 0 radical (unpaired) electrons. The highest BCUT2D eigenvalue weighted by atomic mass is 35.5. The molecule has 0 saturated carbocycles. The van der Waals surface area contributed by atoms with Crippen molar-refractivity contribution in [3.8, 4) is 0 Å². The first-order valence-corrected chi connectivity index (χ1v) is 4.87. The van der Waals surface area contributed by atoms with Gasteiger partial charge in [-0.3, -0.25) is 0 Å². The lowest BCUT2D eigenvalue weighted by atomic mass is 10.1. The van der Waals surface area contributed by atoms with Crippen LogP contribution in [0, 0.1) is 0 Å². The summed E-state index contributed by atoms with van der Waals surface area (Å²) < 4.78 is 0. The number of rotatable bonds is 4. The lowest BCUT2D eigenvalue weighted by molar-refractivity contribution is 0.740. The van der Waals surface area contributed by atoms with Gasteiger partial charge in [-0.2, -0.15) is 0 Å². The van der Waals surface area contributed by atoms with E-state index in [1.54, 1.807) is 6.07 Å². The van der Waals surface area contributed by atoms with Crippen LogP contribution in [-0.4, -0.2) is 16.7 Å². The Bertz CT molecular complexity index is 278. The molecule has 0 aliphatic heterocycles. The zero-order valence-electron chi connectivity index (χ0n) is 7.13. The minimum Gasteiger partial charge on any atom is -0.330 e. The van der Waals surface area contributed by atoms with Crippen LogP contribution in [0.3, 0.4) is 0 Å². The monoisotopic (exact) mass is 219 g/mol. The minimum atomic E-state index is 0.382. The Morgan fingerprint density at radius 1 is 1.23 bits per heavy atom. The van der Waals surface area contributed by atoms with Gasteiger partial charge in [0.2, 0.25) is 0 Å². The molecule has 13 heavy (non-hydrogen) atoms. The van der Waals surface area contributed by atoms with E-state index in [1.165, 1.54) is 0 Å². The number of hydrogen-bond donors (Lipinski definition) is 1. The second kappa shape index (κ2) is 5.37. The van der Waals surface area contributed by atoms with Crippen molar-refractivity contribution in [1.82, 2.24) is 10.2 Å². The smallest absolute Gasteiger partial charge is 0.155 e. The predicted octanol–water partition coefficient (Wildman–Crippen LogP) is 2.06. The van der Waals surface area contributed by atoms with Crippen LogP contribution in [-0.2, 0) is 6.42 Å². The lowest BCUT2D eigenvalue weighted by Gasteiger charge is -2.01. The van der Waals surface area contributed by atoms with E-state index in [-0.39, 0.29) is 0 Å². The Morgan fingerprint density at radius 2 is 2.00 bits per heavy atom. The van der Waals surface area contributed by atoms with Crippen molar-refractivity contribution in [3.63, 3.8) is 0 Å². The van der Waals surface area contributed by atoms with Crippen LogP contribution in [0.4, 0.5) is 0 Å². The van der Waals surface area contributed by atoms with Crippen molar-refractivity contribution < 1.29 is 0 Å². The van der Waals surface area contributed by atoms with Crippen molar-refractivity contribution in [2.45, 2.75) is 19.3 Å². The van der Waals surface area contributed by atoms with Crippen molar-refractivity contribution in [1.29, 1.82) is 0 Å². The Hall–Kier alpha value is -0.380. The third-order valence-corrected chi connectivity index (χ3v) is 2.19. The summed E-state index contributed by atoms with van der Waals surface area (Å²) in [4.78, 5) is 0. The minimum absolute atomic E-state index is 0.382. The van der Waals surface area contributed by atoms with Crippen molar-refractivity contribution in [2.24, 2.45) is 5.73 Å². The Labute approximate surface area is 87.2 Å². The molecule has 0 bridgehead atoms. The van der Waals surface area contributed by atoms with Crippen LogP contribution >= 0.6 is 23.2 Å². The van der Waals surface area contributed by atoms with E-state index in [1.807, 2.05) is 0 Å². The molecular formula is C8H11Cl2N3. The normalized spacial score (nSPS) is 10.4. The fourth-order valence-electron chi connectivity index (χ4n) is 1.02. The number of nitrogens with zero attached hydrogens (tertiary/aromatic N) is 2. The van der Waals surface area contributed by atoms with E-state index < -0.39 is 0 Å². The van der Waals surface area contributed by atoms with Gasteiger partial charge < -0.3 is 5.73 Å². The molecule has 0 amide bonds. The van der Waals surface area contributed by atoms with E-state index >= 15 is 0 Å². The predicted molar refractivity (Wildman–Crippen MR) is 54.0 cm³/mol. The van der Waals surface area contributed by atoms with Crippen LogP contribution < -0.4 is 5.73 Å². The molecule has 0 fully saturated rings. The highest BCUT2D eigenvalue weighted by molar-refractivity contribution is 6.31. The molecule has 0 unspecified atom stereocenters. The highest BCUT2D eigenvalue weighted by Gasteiger charge is 2.03. The van der Waals surface area contributed by atoms with Gasteiger partial charge >= 0.3 is 0 Å². The molecule has 0 aromatic carbocycles. The molecule has 1 aromatic rings. The quantitative estimate of drug-likeness (QED) is 0.790. The summed E-state index contributed by atoms with van der Waals surface area (Å²) in [6, 6.07) is 1.74. The molecule has 1 heterocycles. The average molecular weight is 220 g/mol. The maximum absolute atomic E-state index is 5.81. The van der Waals surface area contributed by atoms with Crippen LogP contribution in [0.2, 0.25) is 10.3 Å². The summed E-state index contributed by atoms with van der Waals surface area (Å²) in [7, 11) is 0. The molecule has 1 rings (SSSR count). The first-order chi connectivity index (χ1) is 6.24. The van der Waals surface area contributed by atoms with E-state index in [9.17, 15) is 0 Å². The number of aryl methyl sites for hydroxylation is 1. The van der Waals surface area contributed by atoms with Gasteiger partial charge in [0, 0.05) is 0 Å². The molecule has 0 aliphatic carbocycles. The standard InChI is InChI=1S/C8H11Cl2N3/c9-7-5-6(3-1-2-4-11)8(10)13-12-7/h5H,1-4,11H2. The fourth-order valence-corrected chi connectivity index (χ4v) is 1.38. The zero-order chi connectivity index (χ0) is 9.68. The highest BCUT2D eigenvalue weighted by Crippen LogP contribution is 2.17. The van der Waals surface area contributed by atoms with Gasteiger partial charge in [0.05, 0.1) is 0 Å². The summed E-state index contributed by atoms with van der Waals surface area (Å²) >= 11 is 11.5. The van der Waals surface area contributed by atoms with Crippen molar-refractivity contribution >= 4 is 23.2 Å².